The Bertz CT molecular complexity index is 624. The quantitative estimate of drug-likeness (QED) is 0.631. The first-order valence-corrected chi connectivity index (χ1v) is 7.80. The monoisotopic (exact) mass is 357 g/mol. The Morgan fingerprint density at radius 3 is 2.90 bits per heavy atom. The van der Waals surface area contributed by atoms with Crippen LogP contribution in [0.3, 0.4) is 0 Å². The van der Waals surface area contributed by atoms with Gasteiger partial charge < -0.3 is 10.3 Å². The van der Waals surface area contributed by atoms with Gasteiger partial charge in [0.2, 0.25) is 5.91 Å². The number of imidazole rings is 1. The number of nitrogens with two attached hydrogens (primary N) is 1. The van der Waals surface area contributed by atoms with E-state index in [0.29, 0.717) is 6.42 Å². The molecule has 108 valence electrons. The number of rotatable bonds is 6. The molecule has 1 unspecified atom stereocenters. The zero-order chi connectivity index (χ0) is 14.7. The molecule has 0 radical (unpaired) electrons. The minimum Gasteiger partial charge on any atom is -0.370 e. The summed E-state index contributed by atoms with van der Waals surface area (Å²) in [5, 5.41) is -0.155. The van der Waals surface area contributed by atoms with Crippen molar-refractivity contribution in [3.8, 4) is 0 Å². The molecule has 1 amide bonds. The molecule has 2 aromatic rings. The molecule has 0 bridgehead atoms. The van der Waals surface area contributed by atoms with Crippen molar-refractivity contribution in [1.29, 1.82) is 0 Å². The average Bonchev–Trinajstić information content (AvgIpc) is 2.73. The lowest BCUT2D eigenvalue weighted by Crippen LogP contribution is -2.11. The summed E-state index contributed by atoms with van der Waals surface area (Å²) in [4.78, 5) is 15.4. The fourth-order valence-corrected chi connectivity index (χ4v) is 2.74. The maximum atomic E-state index is 10.8. The topological polar surface area (TPSA) is 60.9 Å². The molecule has 0 fully saturated rings. The smallest absolute Gasteiger partial charge is 0.217 e. The third kappa shape index (κ3) is 3.52. The van der Waals surface area contributed by atoms with Crippen LogP contribution in [-0.2, 0) is 11.3 Å². The number of nitrogens with zero attached hydrogens (tertiary/aromatic N) is 2. The number of fused-ring (bicyclic) bond motifs is 1. The van der Waals surface area contributed by atoms with Gasteiger partial charge in [0, 0.05) is 17.4 Å². The number of halogens is 2. The fraction of sp³-hybridized carbons (Fsp3) is 0.429. The molecule has 0 spiro atoms. The maximum Gasteiger partial charge on any atom is 0.217 e. The van der Waals surface area contributed by atoms with Gasteiger partial charge in [-0.2, -0.15) is 0 Å². The molecule has 1 aromatic carbocycles. The average molecular weight is 359 g/mol. The van der Waals surface area contributed by atoms with Gasteiger partial charge in [0.15, 0.2) is 0 Å². The van der Waals surface area contributed by atoms with Gasteiger partial charge in [0.25, 0.3) is 0 Å². The van der Waals surface area contributed by atoms with E-state index in [1.54, 1.807) is 0 Å². The van der Waals surface area contributed by atoms with Crippen molar-refractivity contribution in [3.05, 3.63) is 28.5 Å². The zero-order valence-electron chi connectivity index (χ0n) is 11.3. The van der Waals surface area contributed by atoms with Crippen LogP contribution in [0.2, 0.25) is 0 Å². The van der Waals surface area contributed by atoms with Crippen molar-refractivity contribution in [1.82, 2.24) is 9.55 Å². The third-order valence-electron chi connectivity index (χ3n) is 3.15. The Hall–Kier alpha value is -1.07. The molecule has 0 aliphatic carbocycles. The molecule has 20 heavy (non-hydrogen) atoms. The summed E-state index contributed by atoms with van der Waals surface area (Å²) in [5.41, 5.74) is 7.15. The summed E-state index contributed by atoms with van der Waals surface area (Å²) in [7, 11) is 0. The lowest BCUT2D eigenvalue weighted by molar-refractivity contribution is -0.118. The van der Waals surface area contributed by atoms with E-state index in [-0.39, 0.29) is 11.3 Å². The summed E-state index contributed by atoms with van der Waals surface area (Å²) in [6.07, 6.45) is 2.07. The summed E-state index contributed by atoms with van der Waals surface area (Å²) in [6, 6.07) is 5.98. The molecule has 0 aliphatic rings. The molecule has 1 atom stereocenters. The highest BCUT2D eigenvalue weighted by atomic mass is 79.9. The van der Waals surface area contributed by atoms with Gasteiger partial charge in [-0.15, -0.1) is 11.6 Å². The van der Waals surface area contributed by atoms with Crippen LogP contribution in [0.4, 0.5) is 0 Å². The number of primary amides is 1. The molecule has 1 aromatic heterocycles. The van der Waals surface area contributed by atoms with Crippen LogP contribution in [0, 0.1) is 0 Å². The van der Waals surface area contributed by atoms with Crippen LogP contribution in [0.5, 0.6) is 0 Å². The highest BCUT2D eigenvalue weighted by Crippen LogP contribution is 2.27. The number of aryl methyl sites for hydroxylation is 1. The van der Waals surface area contributed by atoms with E-state index < -0.39 is 0 Å². The molecular weight excluding hydrogens is 342 g/mol. The second-order valence-electron chi connectivity index (χ2n) is 4.79. The number of alkyl halides is 1. The highest BCUT2D eigenvalue weighted by Gasteiger charge is 2.14. The highest BCUT2D eigenvalue weighted by molar-refractivity contribution is 9.10. The minimum atomic E-state index is -0.255. The lowest BCUT2D eigenvalue weighted by Gasteiger charge is -2.10. The van der Waals surface area contributed by atoms with E-state index in [9.17, 15) is 4.79 Å². The third-order valence-corrected chi connectivity index (χ3v) is 3.84. The summed E-state index contributed by atoms with van der Waals surface area (Å²) < 4.78 is 3.13. The van der Waals surface area contributed by atoms with Crippen LogP contribution in [0.15, 0.2) is 22.7 Å². The number of benzene rings is 1. The van der Waals surface area contributed by atoms with E-state index in [4.69, 9.17) is 17.3 Å². The van der Waals surface area contributed by atoms with E-state index in [2.05, 4.69) is 25.5 Å². The molecule has 1 heterocycles. The van der Waals surface area contributed by atoms with Crippen LogP contribution >= 0.6 is 27.5 Å². The van der Waals surface area contributed by atoms with Crippen LogP contribution in [0.25, 0.3) is 11.0 Å². The predicted octanol–water partition coefficient (Wildman–Crippen LogP) is 3.75. The van der Waals surface area contributed by atoms with Crippen LogP contribution in [0.1, 0.15) is 37.4 Å². The van der Waals surface area contributed by atoms with Crippen molar-refractivity contribution in [2.75, 3.05) is 0 Å². The molecule has 6 heteroatoms. The maximum absolute atomic E-state index is 10.8. The largest absolute Gasteiger partial charge is 0.370 e. The van der Waals surface area contributed by atoms with Gasteiger partial charge in [-0.1, -0.05) is 15.9 Å². The van der Waals surface area contributed by atoms with Gasteiger partial charge in [-0.3, -0.25) is 4.79 Å². The Morgan fingerprint density at radius 1 is 1.50 bits per heavy atom. The number of carbonyl (C=O) groups excluding carboxylic acids is 1. The second kappa shape index (κ2) is 6.59. The molecule has 0 saturated heterocycles. The zero-order valence-corrected chi connectivity index (χ0v) is 13.6. The molecule has 0 aliphatic heterocycles. The first kappa shape index (κ1) is 15.3. The van der Waals surface area contributed by atoms with Gasteiger partial charge in [-0.05, 0) is 38.0 Å². The summed E-state index contributed by atoms with van der Waals surface area (Å²) >= 11 is 9.69. The Kier molecular flexibility index (Phi) is 5.05. The Balaban J connectivity index is 2.26. The van der Waals surface area contributed by atoms with Crippen molar-refractivity contribution in [2.24, 2.45) is 5.73 Å². The number of hydrogen-bond donors (Lipinski definition) is 1. The Labute approximate surface area is 131 Å². The summed E-state index contributed by atoms with van der Waals surface area (Å²) in [5.74, 6) is 0.605. The normalized spacial score (nSPS) is 12.8. The first-order chi connectivity index (χ1) is 9.49. The molecule has 0 saturated carbocycles. The van der Waals surface area contributed by atoms with Crippen LogP contribution < -0.4 is 5.73 Å². The number of unbranched alkanes of at least 4 members (excludes halogenated alkanes) is 1. The number of amides is 1. The minimum absolute atomic E-state index is 0.155. The van der Waals surface area contributed by atoms with Gasteiger partial charge in [0.1, 0.15) is 5.82 Å². The van der Waals surface area contributed by atoms with Gasteiger partial charge >= 0.3 is 0 Å². The second-order valence-corrected chi connectivity index (χ2v) is 6.36. The van der Waals surface area contributed by atoms with E-state index in [1.165, 1.54) is 0 Å². The number of hydrogen-bond acceptors (Lipinski definition) is 2. The van der Waals surface area contributed by atoms with E-state index >= 15 is 0 Å². The van der Waals surface area contributed by atoms with Gasteiger partial charge in [-0.25, -0.2) is 4.98 Å². The molecule has 2 N–H and O–H groups in total. The van der Waals surface area contributed by atoms with E-state index in [1.807, 2.05) is 25.1 Å². The fourth-order valence-electron chi connectivity index (χ4n) is 2.22. The molecule has 2 rings (SSSR count). The van der Waals surface area contributed by atoms with Gasteiger partial charge in [0.05, 0.1) is 16.4 Å². The Morgan fingerprint density at radius 2 is 2.25 bits per heavy atom. The van der Waals surface area contributed by atoms with Crippen molar-refractivity contribution in [3.63, 3.8) is 0 Å². The van der Waals surface area contributed by atoms with Crippen molar-refractivity contribution < 1.29 is 4.79 Å². The number of aromatic nitrogens is 2. The molecular formula is C14H17BrClN3O. The molecule has 4 nitrogen and oxygen atoms in total. The number of carbonyl (C=O) groups is 1. The van der Waals surface area contributed by atoms with Crippen molar-refractivity contribution in [2.45, 2.75) is 38.1 Å². The van der Waals surface area contributed by atoms with Crippen molar-refractivity contribution >= 4 is 44.5 Å². The van der Waals surface area contributed by atoms with E-state index in [0.717, 1.165) is 40.7 Å². The first-order valence-electron chi connectivity index (χ1n) is 6.57. The summed E-state index contributed by atoms with van der Waals surface area (Å²) in [6.45, 7) is 2.70. The lowest BCUT2D eigenvalue weighted by atomic mass is 10.2. The SMILES string of the molecule is CC(Cl)c1nc2ccc(Br)cc2n1CCCCC(N)=O. The van der Waals surface area contributed by atoms with Crippen LogP contribution in [-0.4, -0.2) is 15.5 Å². The standard InChI is InChI=1S/C14H17BrClN3O/c1-9(16)14-18-11-6-5-10(15)8-12(11)19(14)7-3-2-4-13(17)20/h5-6,8-9H,2-4,7H2,1H3,(H2,17,20). The predicted molar refractivity (Wildman–Crippen MR) is 84.7 cm³/mol.